The van der Waals surface area contributed by atoms with E-state index in [0.29, 0.717) is 28.1 Å². The summed E-state index contributed by atoms with van der Waals surface area (Å²) in [4.78, 5) is 126. The number of carbonyl (C=O) groups excluding carboxylic acids is 8. The van der Waals surface area contributed by atoms with Gasteiger partial charge in [0.1, 0.15) is 20.6 Å². The maximum atomic E-state index is 13.7. The maximum Gasteiger partial charge on any atom is 0.410 e. The highest BCUT2D eigenvalue weighted by Crippen LogP contribution is 2.37. The molecule has 23 nitrogen and oxygen atoms in total. The molecular formula is C43H53Br2N7O16S. The number of urea groups is 1. The van der Waals surface area contributed by atoms with Crippen molar-refractivity contribution >= 4 is 113 Å². The van der Waals surface area contributed by atoms with Gasteiger partial charge in [-0.25, -0.2) is 19.2 Å². The van der Waals surface area contributed by atoms with Crippen molar-refractivity contribution in [1.29, 1.82) is 0 Å². The predicted molar refractivity (Wildman–Crippen MR) is 252 cm³/mol. The molecule has 1 aromatic carbocycles. The highest BCUT2D eigenvalue weighted by atomic mass is 79.9. The molecule has 2 aliphatic heterocycles. The van der Waals surface area contributed by atoms with Crippen molar-refractivity contribution in [3.05, 3.63) is 54.8 Å². The van der Waals surface area contributed by atoms with Crippen LogP contribution in [0.3, 0.4) is 0 Å². The molecule has 0 fully saturated rings. The number of rotatable bonds is 27. The summed E-state index contributed by atoms with van der Waals surface area (Å²) >= 11 is 6.99. The first kappa shape index (κ1) is 55.8. The number of anilines is 2. The normalized spacial score (nSPS) is 14.3. The number of carbonyl (C=O) groups is 10. The number of nitrogens with zero attached hydrogens (tertiary/aromatic N) is 2. The molecule has 0 saturated carbocycles. The Morgan fingerprint density at radius 2 is 1.49 bits per heavy atom. The molecule has 3 heterocycles. The van der Waals surface area contributed by atoms with Gasteiger partial charge in [-0.2, -0.15) is 0 Å². The highest BCUT2D eigenvalue weighted by Gasteiger charge is 2.36. The van der Waals surface area contributed by atoms with Gasteiger partial charge in [0.2, 0.25) is 11.8 Å². The number of benzene rings is 1. The third kappa shape index (κ3) is 17.0. The maximum absolute atomic E-state index is 13.7. The second kappa shape index (κ2) is 27.4. The van der Waals surface area contributed by atoms with E-state index in [2.05, 4.69) is 53.1 Å². The number of carboxylic acid groups (broad SMARTS) is 2. The standard InChI is InChI=1S/C43H53Br2N7O16S/c1-23(2)34(49-30(54)10-14-65-16-18-67-19-17-66-15-13-52-38(57)32(44)33(45)39(52)58)28(53)20-25(4-3-11-47-42(46)63)35(55)48-26-7-5-24(6-8-26)22-68-43(64)51-12-9-27-29(21-51)69-37(31(27)40(59)60)50-36(56)41(61)62/h5-8,23,25,34H,3-4,9-22H2,1-2H3,(H,48,55)(H,49,54)(H,50,56)(H,59,60)(H,61,62)(H3,46,47,63)/t25-,34+/m1/s1. The van der Waals surface area contributed by atoms with Crippen molar-refractivity contribution in [2.24, 2.45) is 17.6 Å². The molecule has 0 saturated heterocycles. The lowest BCUT2D eigenvalue weighted by Gasteiger charge is -2.26. The second-order valence-electron chi connectivity index (χ2n) is 15.8. The fourth-order valence-corrected chi connectivity index (χ4v) is 8.92. The van der Waals surface area contributed by atoms with Gasteiger partial charge >= 0.3 is 30.0 Å². The number of hydrogen-bond acceptors (Lipinski definition) is 15. The lowest BCUT2D eigenvalue weighted by atomic mass is 9.89. The first-order valence-corrected chi connectivity index (χ1v) is 23.9. The van der Waals surface area contributed by atoms with Crippen LogP contribution in [-0.2, 0) is 72.1 Å². The number of primary amides is 1. The summed E-state index contributed by atoms with van der Waals surface area (Å²) in [6.07, 6.45) is -0.328. The molecule has 1 aromatic heterocycles. The number of aliphatic carboxylic acids is 1. The molecule has 2 aromatic rings. The molecule has 0 spiro atoms. The number of ether oxygens (including phenoxy) is 4. The van der Waals surface area contributed by atoms with Crippen LogP contribution < -0.4 is 27.0 Å². The van der Waals surface area contributed by atoms with Crippen LogP contribution in [0, 0.1) is 11.8 Å². The van der Waals surface area contributed by atoms with Gasteiger partial charge < -0.3 is 61.1 Å². The molecule has 0 aliphatic carbocycles. The number of hydrogen-bond donors (Lipinski definition) is 7. The number of nitrogens with two attached hydrogens (primary N) is 1. The van der Waals surface area contributed by atoms with E-state index in [-0.39, 0.29) is 129 Å². The van der Waals surface area contributed by atoms with Crippen molar-refractivity contribution in [3.8, 4) is 0 Å². The number of thiophene rings is 1. The Morgan fingerprint density at radius 3 is 2.09 bits per heavy atom. The molecule has 376 valence electrons. The fraction of sp³-hybridized carbons (Fsp3) is 0.488. The van der Waals surface area contributed by atoms with Gasteiger partial charge in [-0.1, -0.05) is 26.0 Å². The Balaban J connectivity index is 1.20. The topological polar surface area (TPSA) is 329 Å². The minimum absolute atomic E-state index is 0.0274. The van der Waals surface area contributed by atoms with E-state index in [4.69, 9.17) is 29.8 Å². The number of fused-ring (bicyclic) bond motifs is 1. The van der Waals surface area contributed by atoms with E-state index in [0.717, 1.165) is 16.2 Å². The molecule has 69 heavy (non-hydrogen) atoms. The van der Waals surface area contributed by atoms with Gasteiger partial charge in [-0.05, 0) is 80.3 Å². The van der Waals surface area contributed by atoms with Crippen LogP contribution in [0.2, 0.25) is 0 Å². The minimum atomic E-state index is -1.78. The van der Waals surface area contributed by atoms with Crippen LogP contribution in [-0.4, -0.2) is 145 Å². The largest absolute Gasteiger partial charge is 0.478 e. The lowest BCUT2D eigenvalue weighted by molar-refractivity contribution is -0.147. The third-order valence-electron chi connectivity index (χ3n) is 10.4. The first-order chi connectivity index (χ1) is 32.8. The molecule has 2 aliphatic rings. The van der Waals surface area contributed by atoms with Crippen molar-refractivity contribution < 1.29 is 77.1 Å². The fourth-order valence-electron chi connectivity index (χ4n) is 6.90. The highest BCUT2D eigenvalue weighted by molar-refractivity contribution is 9.14. The molecule has 0 bridgehead atoms. The number of Topliss-reactive ketones (excluding diaryl/α,β-unsaturated/α-hetero) is 1. The number of aromatic carboxylic acids is 1. The second-order valence-corrected chi connectivity index (χ2v) is 18.4. The number of halogens is 2. The quantitative estimate of drug-likeness (QED) is 0.0384. The zero-order chi connectivity index (χ0) is 50.8. The number of amides is 8. The number of carboxylic acids is 2. The van der Waals surface area contributed by atoms with Crippen molar-refractivity contribution in [2.45, 2.75) is 65.1 Å². The molecular weight excluding hydrogens is 1060 g/mol. The van der Waals surface area contributed by atoms with Gasteiger partial charge in [0.05, 0.1) is 64.3 Å². The van der Waals surface area contributed by atoms with Crippen molar-refractivity contribution in [2.75, 3.05) is 69.9 Å². The van der Waals surface area contributed by atoms with Crippen molar-refractivity contribution in [1.82, 2.24) is 20.4 Å². The Bertz CT molecular complexity index is 2270. The summed E-state index contributed by atoms with van der Waals surface area (Å²) < 4.78 is 22.2. The molecule has 26 heteroatoms. The molecule has 0 unspecified atom stereocenters. The Hall–Kier alpha value is -5.80. The Morgan fingerprint density at radius 1 is 0.870 bits per heavy atom. The van der Waals surface area contributed by atoms with E-state index in [1.165, 1.54) is 4.90 Å². The van der Waals surface area contributed by atoms with Gasteiger partial charge in [0.15, 0.2) is 5.78 Å². The van der Waals surface area contributed by atoms with E-state index < -0.39 is 65.6 Å². The number of ketones is 1. The number of nitrogens with one attached hydrogen (secondary N) is 4. The van der Waals surface area contributed by atoms with E-state index in [1.54, 1.807) is 38.1 Å². The van der Waals surface area contributed by atoms with Gasteiger partial charge in [0, 0.05) is 42.4 Å². The molecule has 8 amide bonds. The lowest BCUT2D eigenvalue weighted by Crippen LogP contribution is -2.45. The van der Waals surface area contributed by atoms with Crippen LogP contribution in [0.15, 0.2) is 33.2 Å². The molecule has 8 N–H and O–H groups in total. The Kier molecular flexibility index (Phi) is 22.2. The molecule has 4 rings (SSSR count). The van der Waals surface area contributed by atoms with E-state index in [9.17, 15) is 53.1 Å². The van der Waals surface area contributed by atoms with Crippen LogP contribution in [0.4, 0.5) is 20.3 Å². The van der Waals surface area contributed by atoms with Crippen molar-refractivity contribution in [3.63, 3.8) is 0 Å². The summed E-state index contributed by atoms with van der Waals surface area (Å²) in [7, 11) is 0. The van der Waals surface area contributed by atoms with Crippen LogP contribution in [0.1, 0.15) is 65.9 Å². The van der Waals surface area contributed by atoms with E-state index in [1.807, 2.05) is 0 Å². The number of imide groups is 1. The summed E-state index contributed by atoms with van der Waals surface area (Å²) in [6, 6.07) is 4.74. The summed E-state index contributed by atoms with van der Waals surface area (Å²) in [5, 5.41) is 28.6. The average Bonchev–Trinajstić information content (AvgIpc) is 3.75. The first-order valence-electron chi connectivity index (χ1n) is 21.5. The molecule has 0 radical (unpaired) electrons. The van der Waals surface area contributed by atoms with Crippen LogP contribution >= 0.6 is 43.2 Å². The smallest absolute Gasteiger partial charge is 0.410 e. The summed E-state index contributed by atoms with van der Waals surface area (Å²) in [5.74, 6) is -7.88. The molecule has 2 atom stereocenters. The predicted octanol–water partition coefficient (Wildman–Crippen LogP) is 3.08. The average molecular weight is 1120 g/mol. The van der Waals surface area contributed by atoms with Gasteiger partial charge in [-0.3, -0.25) is 33.7 Å². The monoisotopic (exact) mass is 1110 g/mol. The van der Waals surface area contributed by atoms with Gasteiger partial charge in [-0.15, -0.1) is 11.3 Å². The SMILES string of the molecule is CC(C)[C@H](NC(=O)CCOCCOCCOCCN1C(=O)C(Br)=C(Br)C1=O)C(=O)C[C@@H](CCCNC(N)=O)C(=O)Nc1ccc(COC(=O)N2CCc3c(sc(NC(=O)C(=O)O)c3C(=O)O)C2)cc1. The summed E-state index contributed by atoms with van der Waals surface area (Å²) in [6.45, 7) is 4.72. The zero-order valence-electron chi connectivity index (χ0n) is 37.6. The van der Waals surface area contributed by atoms with Crippen LogP contribution in [0.25, 0.3) is 0 Å². The van der Waals surface area contributed by atoms with E-state index >= 15 is 0 Å². The minimum Gasteiger partial charge on any atom is -0.478 e. The third-order valence-corrected chi connectivity index (χ3v) is 13.6. The zero-order valence-corrected chi connectivity index (χ0v) is 41.6. The van der Waals surface area contributed by atoms with Gasteiger partial charge in [0.25, 0.3) is 11.8 Å². The summed E-state index contributed by atoms with van der Waals surface area (Å²) in [5.41, 5.74) is 6.30. The van der Waals surface area contributed by atoms with Crippen LogP contribution in [0.5, 0.6) is 0 Å². The Labute approximate surface area is 416 Å².